The lowest BCUT2D eigenvalue weighted by Gasteiger charge is -2.24. The molecule has 5 aromatic rings. The highest BCUT2D eigenvalue weighted by molar-refractivity contribution is 7.85. The number of halogens is 3. The first kappa shape index (κ1) is 36.5. The molecule has 15 heteroatoms. The topological polar surface area (TPSA) is 151 Å². The van der Waals surface area contributed by atoms with Gasteiger partial charge in [-0.2, -0.15) is 13.2 Å². The summed E-state index contributed by atoms with van der Waals surface area (Å²) in [6.07, 6.45) is -1.99. The molecule has 5 N–H and O–H groups in total. The zero-order chi connectivity index (χ0) is 37.1. The number of pyridine rings is 1. The predicted octanol–water partition coefficient (Wildman–Crippen LogP) is 9.14. The van der Waals surface area contributed by atoms with Crippen LogP contribution in [0.1, 0.15) is 42.3 Å². The van der Waals surface area contributed by atoms with Crippen LogP contribution in [0.15, 0.2) is 85.1 Å². The molecule has 0 saturated heterocycles. The van der Waals surface area contributed by atoms with Crippen molar-refractivity contribution in [1.29, 1.82) is 0 Å². The van der Waals surface area contributed by atoms with Crippen LogP contribution in [-0.4, -0.2) is 39.7 Å². The van der Waals surface area contributed by atoms with E-state index in [2.05, 4.69) is 25.7 Å². The fourth-order valence-corrected chi connectivity index (χ4v) is 5.67. The molecule has 0 fully saturated rings. The number of benzene rings is 4. The molecule has 1 aromatic heterocycles. The number of carbonyl (C=O) groups excluding carboxylic acids is 1. The van der Waals surface area contributed by atoms with Crippen molar-refractivity contribution in [2.45, 2.75) is 32.4 Å². The van der Waals surface area contributed by atoms with Crippen molar-refractivity contribution < 1.29 is 41.5 Å². The van der Waals surface area contributed by atoms with Gasteiger partial charge in [-0.25, -0.2) is 18.8 Å². The van der Waals surface area contributed by atoms with Crippen LogP contribution in [0.25, 0.3) is 10.8 Å². The van der Waals surface area contributed by atoms with Gasteiger partial charge in [-0.15, -0.1) is 0 Å². The summed E-state index contributed by atoms with van der Waals surface area (Å²) in [6, 6.07) is 19.4. The van der Waals surface area contributed by atoms with Crippen LogP contribution in [0, 0.1) is 0 Å². The van der Waals surface area contributed by atoms with E-state index >= 15 is 0 Å². The number of rotatable bonds is 10. The van der Waals surface area contributed by atoms with Gasteiger partial charge < -0.3 is 35.3 Å². The third kappa shape index (κ3) is 8.67. The van der Waals surface area contributed by atoms with Gasteiger partial charge in [0.15, 0.2) is 5.75 Å². The first-order chi connectivity index (χ1) is 24.0. The highest BCUT2D eigenvalue weighted by Crippen LogP contribution is 2.40. The van der Waals surface area contributed by atoms with Crippen molar-refractivity contribution in [1.82, 2.24) is 4.98 Å². The average molecular weight is 722 g/mol. The van der Waals surface area contributed by atoms with Crippen molar-refractivity contribution in [2.24, 2.45) is 0 Å². The SMILES string of the molecule is COc1c(NC(=O)Nc2ccc(Oc3ccnc(Nc4ccc(C(=O)O)c(C(F)(F)F)c4)c3)c3ccccc23)cc(C(C)(C)C)cc1NS(C)=O. The molecule has 0 bridgehead atoms. The van der Waals surface area contributed by atoms with Crippen LogP contribution >= 0.6 is 0 Å². The number of hydrogen-bond acceptors (Lipinski definition) is 7. The average Bonchev–Trinajstić information content (AvgIpc) is 3.05. The smallest absolute Gasteiger partial charge is 0.417 e. The van der Waals surface area contributed by atoms with E-state index in [1.54, 1.807) is 48.5 Å². The number of carboxylic acids is 1. The van der Waals surface area contributed by atoms with Crippen LogP contribution in [0.2, 0.25) is 0 Å². The Morgan fingerprint density at radius 1 is 0.863 bits per heavy atom. The fourth-order valence-electron chi connectivity index (χ4n) is 5.21. The van der Waals surface area contributed by atoms with Crippen LogP contribution in [0.4, 0.5) is 46.5 Å². The maximum atomic E-state index is 13.5. The molecule has 0 saturated carbocycles. The minimum atomic E-state index is -4.88. The molecule has 51 heavy (non-hydrogen) atoms. The minimum absolute atomic E-state index is 0.0216. The number of nitrogens with one attached hydrogen (secondary N) is 4. The standard InChI is InChI=1S/C36H34F3N5O6S/c1-35(2,3)20-16-28(32(49-4)29(17-20)44-51(5)48)43-34(47)42-27-12-13-30(24-9-7-6-8-23(24)27)50-22-14-15-40-31(19-22)41-21-10-11-25(33(45)46)26(18-21)36(37,38)39/h6-19,44H,1-5H3,(H,40,41)(H,45,46)(H2,42,43,47). The van der Waals surface area contributed by atoms with E-state index in [1.165, 1.54) is 31.7 Å². The highest BCUT2D eigenvalue weighted by atomic mass is 32.2. The Morgan fingerprint density at radius 3 is 2.20 bits per heavy atom. The molecule has 5 rings (SSSR count). The maximum Gasteiger partial charge on any atom is 0.417 e. The monoisotopic (exact) mass is 721 g/mol. The number of anilines is 5. The Bertz CT molecular complexity index is 2150. The number of nitrogens with zero attached hydrogens (tertiary/aromatic N) is 1. The number of fused-ring (bicyclic) bond motifs is 1. The number of urea groups is 1. The predicted molar refractivity (Wildman–Crippen MR) is 192 cm³/mol. The number of amides is 2. The lowest BCUT2D eigenvalue weighted by Crippen LogP contribution is -2.21. The second-order valence-electron chi connectivity index (χ2n) is 12.3. The van der Waals surface area contributed by atoms with Crippen molar-refractivity contribution in [3.63, 3.8) is 0 Å². The number of aromatic nitrogens is 1. The molecule has 1 heterocycles. The summed E-state index contributed by atoms with van der Waals surface area (Å²) < 4.78 is 67.2. The molecular formula is C36H34F3N5O6S. The van der Waals surface area contributed by atoms with E-state index in [9.17, 15) is 32.1 Å². The fraction of sp³-hybridized carbons (Fsp3) is 0.194. The molecular weight excluding hydrogens is 687 g/mol. The molecule has 11 nitrogen and oxygen atoms in total. The molecule has 0 radical (unpaired) electrons. The van der Waals surface area contributed by atoms with Crippen molar-refractivity contribution in [3.8, 4) is 17.2 Å². The number of ether oxygens (including phenoxy) is 2. The highest BCUT2D eigenvalue weighted by Gasteiger charge is 2.35. The van der Waals surface area contributed by atoms with E-state index in [4.69, 9.17) is 9.47 Å². The van der Waals surface area contributed by atoms with Crippen LogP contribution in [0.3, 0.4) is 0 Å². The van der Waals surface area contributed by atoms with Gasteiger partial charge in [0.2, 0.25) is 0 Å². The van der Waals surface area contributed by atoms with Crippen molar-refractivity contribution >= 4 is 62.3 Å². The molecule has 0 aliphatic heterocycles. The molecule has 4 aromatic carbocycles. The Hall–Kier alpha value is -5.83. The number of aromatic carboxylic acids is 1. The summed E-state index contributed by atoms with van der Waals surface area (Å²) >= 11 is 0. The zero-order valence-corrected chi connectivity index (χ0v) is 28.9. The number of carboxylic acid groups (broad SMARTS) is 1. The summed E-state index contributed by atoms with van der Waals surface area (Å²) in [4.78, 5) is 28.8. The molecule has 1 unspecified atom stereocenters. The van der Waals surface area contributed by atoms with E-state index in [0.29, 0.717) is 51.1 Å². The van der Waals surface area contributed by atoms with Gasteiger partial charge in [-0.3, -0.25) is 0 Å². The zero-order valence-electron chi connectivity index (χ0n) is 28.1. The Kier molecular flexibility index (Phi) is 10.4. The van der Waals surface area contributed by atoms with Gasteiger partial charge in [-0.1, -0.05) is 45.0 Å². The van der Waals surface area contributed by atoms with E-state index in [-0.39, 0.29) is 16.9 Å². The lowest BCUT2D eigenvalue weighted by atomic mass is 9.86. The first-order valence-corrected chi connectivity index (χ1v) is 16.9. The molecule has 0 aliphatic rings. The molecule has 266 valence electrons. The van der Waals surface area contributed by atoms with Gasteiger partial charge in [0.1, 0.15) is 28.3 Å². The third-order valence-corrected chi connectivity index (χ3v) is 8.09. The van der Waals surface area contributed by atoms with Crippen molar-refractivity contribution in [3.05, 3.63) is 102 Å². The number of alkyl halides is 3. The van der Waals surface area contributed by atoms with Gasteiger partial charge in [0.05, 0.1) is 35.3 Å². The Balaban J connectivity index is 1.38. The minimum Gasteiger partial charge on any atom is -0.492 e. The van der Waals surface area contributed by atoms with Crippen molar-refractivity contribution in [2.75, 3.05) is 34.0 Å². The number of carbonyl (C=O) groups is 2. The summed E-state index contributed by atoms with van der Waals surface area (Å²) in [6.45, 7) is 6.04. The summed E-state index contributed by atoms with van der Waals surface area (Å²) in [5.41, 5.74) is -0.313. The normalized spacial score (nSPS) is 12.2. The summed E-state index contributed by atoms with van der Waals surface area (Å²) in [5, 5.41) is 19.0. The van der Waals surface area contributed by atoms with E-state index in [1.807, 2.05) is 26.8 Å². The van der Waals surface area contributed by atoms with Crippen LogP contribution in [0.5, 0.6) is 17.2 Å². The largest absolute Gasteiger partial charge is 0.492 e. The van der Waals surface area contributed by atoms with E-state index < -0.39 is 40.3 Å². The molecule has 1 atom stereocenters. The number of hydrogen-bond donors (Lipinski definition) is 5. The maximum absolute atomic E-state index is 13.5. The Morgan fingerprint density at radius 2 is 1.55 bits per heavy atom. The summed E-state index contributed by atoms with van der Waals surface area (Å²) in [5.74, 6) is -0.510. The second kappa shape index (κ2) is 14.6. The number of methoxy groups -OCH3 is 1. The second-order valence-corrected chi connectivity index (χ2v) is 13.4. The van der Waals surface area contributed by atoms with Gasteiger partial charge >= 0.3 is 18.2 Å². The van der Waals surface area contributed by atoms with Gasteiger partial charge in [0.25, 0.3) is 0 Å². The molecule has 0 spiro atoms. The lowest BCUT2D eigenvalue weighted by molar-refractivity contribution is -0.138. The third-order valence-electron chi connectivity index (χ3n) is 7.58. The molecule has 2 amide bonds. The van der Waals surface area contributed by atoms with Gasteiger partial charge in [-0.05, 0) is 59.5 Å². The summed E-state index contributed by atoms with van der Waals surface area (Å²) in [7, 11) is 0.0552. The van der Waals surface area contributed by atoms with Crippen LogP contribution in [-0.2, 0) is 22.6 Å². The van der Waals surface area contributed by atoms with Crippen LogP contribution < -0.4 is 30.1 Å². The first-order valence-electron chi connectivity index (χ1n) is 15.3. The van der Waals surface area contributed by atoms with E-state index in [0.717, 1.165) is 11.6 Å². The quantitative estimate of drug-likeness (QED) is 0.0958. The molecule has 0 aliphatic carbocycles. The Labute approximate surface area is 293 Å². The van der Waals surface area contributed by atoms with Gasteiger partial charge in [0, 0.05) is 35.0 Å².